The Hall–Kier alpha value is -0.870. The molecular formula is C15H21NO2S. The summed E-state index contributed by atoms with van der Waals surface area (Å²) in [6, 6.07) is 8.67. The van der Waals surface area contributed by atoms with E-state index < -0.39 is 9.84 Å². The van der Waals surface area contributed by atoms with Gasteiger partial charge in [-0.2, -0.15) is 0 Å². The zero-order chi connectivity index (χ0) is 13.5. The van der Waals surface area contributed by atoms with Gasteiger partial charge in [-0.25, -0.2) is 8.42 Å². The second-order valence-electron chi connectivity index (χ2n) is 6.16. The van der Waals surface area contributed by atoms with Crippen LogP contribution in [0.2, 0.25) is 0 Å². The third kappa shape index (κ3) is 2.84. The number of sulfone groups is 1. The van der Waals surface area contributed by atoms with E-state index in [1.807, 2.05) is 0 Å². The fourth-order valence-corrected chi connectivity index (χ4v) is 4.68. The molecule has 1 saturated heterocycles. The van der Waals surface area contributed by atoms with E-state index in [1.54, 1.807) is 0 Å². The van der Waals surface area contributed by atoms with Crippen molar-refractivity contribution in [1.82, 2.24) is 5.32 Å². The van der Waals surface area contributed by atoms with Gasteiger partial charge in [0.05, 0.1) is 5.75 Å². The molecule has 19 heavy (non-hydrogen) atoms. The molecule has 1 aliphatic carbocycles. The first-order valence-electron chi connectivity index (χ1n) is 6.97. The van der Waals surface area contributed by atoms with Crippen LogP contribution in [-0.2, 0) is 15.3 Å². The highest BCUT2D eigenvalue weighted by molar-refractivity contribution is 7.90. The summed E-state index contributed by atoms with van der Waals surface area (Å²) < 4.78 is 23.1. The summed E-state index contributed by atoms with van der Waals surface area (Å²) in [7, 11) is -2.90. The quantitative estimate of drug-likeness (QED) is 0.915. The summed E-state index contributed by atoms with van der Waals surface area (Å²) in [5.41, 5.74) is 2.50. The summed E-state index contributed by atoms with van der Waals surface area (Å²) in [6.07, 6.45) is 4.55. The van der Waals surface area contributed by atoms with Gasteiger partial charge in [0.2, 0.25) is 0 Å². The summed E-state index contributed by atoms with van der Waals surface area (Å²) in [5, 5.41) is 3.38. The maximum absolute atomic E-state index is 11.5. The molecule has 1 saturated carbocycles. The van der Waals surface area contributed by atoms with Crippen molar-refractivity contribution in [3.63, 3.8) is 0 Å². The van der Waals surface area contributed by atoms with Crippen LogP contribution < -0.4 is 5.32 Å². The van der Waals surface area contributed by atoms with Crippen LogP contribution in [-0.4, -0.2) is 33.5 Å². The van der Waals surface area contributed by atoms with Crippen LogP contribution in [0.5, 0.6) is 0 Å². The zero-order valence-corrected chi connectivity index (χ0v) is 12.2. The highest BCUT2D eigenvalue weighted by Crippen LogP contribution is 2.49. The van der Waals surface area contributed by atoms with Crippen molar-refractivity contribution in [2.24, 2.45) is 0 Å². The lowest BCUT2D eigenvalue weighted by atomic mass is 9.92. The van der Waals surface area contributed by atoms with Gasteiger partial charge < -0.3 is 5.32 Å². The molecule has 0 radical (unpaired) electrons. The average Bonchev–Trinajstić information content (AvgIpc) is 2.92. The van der Waals surface area contributed by atoms with Crippen molar-refractivity contribution in [2.75, 3.05) is 25.1 Å². The number of nitrogens with one attached hydrogen (secondary N) is 1. The topological polar surface area (TPSA) is 46.2 Å². The highest BCUT2D eigenvalue weighted by atomic mass is 32.2. The Morgan fingerprint density at radius 1 is 1.26 bits per heavy atom. The van der Waals surface area contributed by atoms with Crippen LogP contribution in [0.4, 0.5) is 0 Å². The molecule has 4 heteroatoms. The summed E-state index contributed by atoms with van der Waals surface area (Å²) >= 11 is 0. The van der Waals surface area contributed by atoms with Gasteiger partial charge in [-0.1, -0.05) is 24.3 Å². The van der Waals surface area contributed by atoms with E-state index in [2.05, 4.69) is 29.6 Å². The normalized spacial score (nSPS) is 25.4. The molecular weight excluding hydrogens is 258 g/mol. The number of benzene rings is 1. The average molecular weight is 279 g/mol. The maximum Gasteiger partial charge on any atom is 0.148 e. The molecule has 0 spiro atoms. The van der Waals surface area contributed by atoms with E-state index in [0.29, 0.717) is 11.7 Å². The molecule has 1 aromatic rings. The monoisotopic (exact) mass is 279 g/mol. The number of rotatable bonds is 4. The van der Waals surface area contributed by atoms with E-state index in [0.717, 1.165) is 25.9 Å². The van der Waals surface area contributed by atoms with Crippen LogP contribution in [0.15, 0.2) is 24.3 Å². The summed E-state index contributed by atoms with van der Waals surface area (Å²) in [5.74, 6) is 0.920. The van der Waals surface area contributed by atoms with Crippen LogP contribution in [0.3, 0.4) is 0 Å². The molecule has 0 bridgehead atoms. The van der Waals surface area contributed by atoms with Gasteiger partial charge in [-0.3, -0.25) is 0 Å². The molecule has 1 heterocycles. The highest BCUT2D eigenvalue weighted by Gasteiger charge is 2.46. The van der Waals surface area contributed by atoms with Gasteiger partial charge in [0.1, 0.15) is 9.84 Å². The van der Waals surface area contributed by atoms with Gasteiger partial charge >= 0.3 is 0 Å². The van der Waals surface area contributed by atoms with Crippen molar-refractivity contribution in [3.8, 4) is 0 Å². The standard InChI is InChI=1S/C15H21NO2S/c1-19(17,18)11-15(7-8-15)14-4-2-12(3-5-14)13-6-9-16-10-13/h2-5,13,16H,6-11H2,1H3. The molecule has 0 aromatic heterocycles. The predicted molar refractivity (Wildman–Crippen MR) is 77.3 cm³/mol. The second kappa shape index (κ2) is 4.60. The molecule has 3 rings (SSSR count). The molecule has 1 aliphatic heterocycles. The van der Waals surface area contributed by atoms with Gasteiger partial charge in [-0.05, 0) is 42.9 Å². The van der Waals surface area contributed by atoms with Crippen molar-refractivity contribution in [2.45, 2.75) is 30.6 Å². The lowest BCUT2D eigenvalue weighted by Gasteiger charge is -2.16. The Kier molecular flexibility index (Phi) is 3.18. The Morgan fingerprint density at radius 2 is 1.95 bits per heavy atom. The smallest absolute Gasteiger partial charge is 0.148 e. The third-order valence-corrected chi connectivity index (χ3v) is 5.52. The minimum atomic E-state index is -2.90. The SMILES string of the molecule is CS(=O)(=O)CC1(c2ccc(C3CCNC3)cc2)CC1. The van der Waals surface area contributed by atoms with Crippen molar-refractivity contribution in [3.05, 3.63) is 35.4 Å². The summed E-state index contributed by atoms with van der Waals surface area (Å²) in [4.78, 5) is 0. The van der Waals surface area contributed by atoms with E-state index in [9.17, 15) is 8.42 Å². The van der Waals surface area contributed by atoms with E-state index in [-0.39, 0.29) is 5.41 Å². The fraction of sp³-hybridized carbons (Fsp3) is 0.600. The Labute approximate surface area is 115 Å². The molecule has 1 N–H and O–H groups in total. The minimum absolute atomic E-state index is 0.0833. The molecule has 3 nitrogen and oxygen atoms in total. The van der Waals surface area contributed by atoms with Crippen LogP contribution in [0.25, 0.3) is 0 Å². The Morgan fingerprint density at radius 3 is 2.42 bits per heavy atom. The third-order valence-electron chi connectivity index (χ3n) is 4.45. The second-order valence-corrected chi connectivity index (χ2v) is 8.30. The lowest BCUT2D eigenvalue weighted by Crippen LogP contribution is -2.20. The predicted octanol–water partition coefficient (Wildman–Crippen LogP) is 1.84. The Balaban J connectivity index is 1.79. The Bertz CT molecular complexity index is 552. The first-order chi connectivity index (χ1) is 8.99. The van der Waals surface area contributed by atoms with Gasteiger partial charge in [0, 0.05) is 18.2 Å². The van der Waals surface area contributed by atoms with Gasteiger partial charge in [0.15, 0.2) is 0 Å². The van der Waals surface area contributed by atoms with Crippen molar-refractivity contribution >= 4 is 9.84 Å². The molecule has 1 aromatic carbocycles. The van der Waals surface area contributed by atoms with Crippen LogP contribution >= 0.6 is 0 Å². The van der Waals surface area contributed by atoms with Crippen LogP contribution in [0.1, 0.15) is 36.3 Å². The molecule has 0 amide bonds. The van der Waals surface area contributed by atoms with Crippen molar-refractivity contribution < 1.29 is 8.42 Å². The minimum Gasteiger partial charge on any atom is -0.316 e. The van der Waals surface area contributed by atoms with Crippen LogP contribution in [0, 0.1) is 0 Å². The van der Waals surface area contributed by atoms with E-state index in [4.69, 9.17) is 0 Å². The first-order valence-corrected chi connectivity index (χ1v) is 9.04. The fourth-order valence-electron chi connectivity index (χ4n) is 3.22. The maximum atomic E-state index is 11.5. The molecule has 104 valence electrons. The largest absolute Gasteiger partial charge is 0.316 e. The molecule has 2 aliphatic rings. The number of hydrogen-bond donors (Lipinski definition) is 1. The molecule has 2 fully saturated rings. The molecule has 1 atom stereocenters. The zero-order valence-electron chi connectivity index (χ0n) is 11.4. The summed E-state index contributed by atoms with van der Waals surface area (Å²) in [6.45, 7) is 2.16. The molecule has 1 unspecified atom stereocenters. The van der Waals surface area contributed by atoms with E-state index >= 15 is 0 Å². The van der Waals surface area contributed by atoms with E-state index in [1.165, 1.54) is 23.8 Å². The van der Waals surface area contributed by atoms with Crippen molar-refractivity contribution in [1.29, 1.82) is 0 Å². The first kappa shape index (κ1) is 13.1. The van der Waals surface area contributed by atoms with Gasteiger partial charge in [0.25, 0.3) is 0 Å². The van der Waals surface area contributed by atoms with Gasteiger partial charge in [-0.15, -0.1) is 0 Å². The lowest BCUT2D eigenvalue weighted by molar-refractivity contribution is 0.592. The number of hydrogen-bond acceptors (Lipinski definition) is 3.